The Bertz CT molecular complexity index is 591. The Balaban J connectivity index is -0.0000000144. The van der Waals surface area contributed by atoms with Crippen LogP contribution in [0.3, 0.4) is 0 Å². The van der Waals surface area contributed by atoms with Gasteiger partial charge in [0.05, 0.1) is 0 Å². The molecule has 44 heteroatoms. The van der Waals surface area contributed by atoms with Crippen LogP contribution in [-0.2, 0) is 130 Å². The van der Waals surface area contributed by atoms with Gasteiger partial charge in [-0.3, -0.25) is 0 Å². The van der Waals surface area contributed by atoms with Crippen molar-refractivity contribution in [2.24, 2.45) is 0 Å². The van der Waals surface area contributed by atoms with Crippen molar-refractivity contribution in [3.8, 4) is 0 Å². The third kappa shape index (κ3) is 1020. The molecule has 0 rings (SSSR count). The van der Waals surface area contributed by atoms with Crippen molar-refractivity contribution >= 4 is 304 Å². The summed E-state index contributed by atoms with van der Waals surface area (Å²) in [6, 6.07) is 0. The average Bonchev–Trinajstić information content (AvgIpc) is 2.06. The van der Waals surface area contributed by atoms with Crippen molar-refractivity contribution in [3.05, 3.63) is 0 Å². The molecule has 0 aliphatic heterocycles. The van der Waals surface area contributed by atoms with E-state index in [9.17, 15) is 0 Å². The van der Waals surface area contributed by atoms with Gasteiger partial charge in [-0.1, -0.05) is 0 Å². The molecule has 0 saturated carbocycles. The minimum absolute atomic E-state index is 0. The van der Waals surface area contributed by atoms with Crippen molar-refractivity contribution in [2.45, 2.75) is 0 Å². The molecule has 0 unspecified atom stereocenters. The van der Waals surface area contributed by atoms with E-state index in [0.717, 1.165) is 0 Å². The summed E-state index contributed by atoms with van der Waals surface area (Å²) in [7, 11) is -37.7. The first-order chi connectivity index (χ1) is 14.0. The second kappa shape index (κ2) is 55.3. The number of rotatable bonds is 0. The quantitative estimate of drug-likeness (QED) is 0.160. The summed E-state index contributed by atoms with van der Waals surface area (Å²) in [5.41, 5.74) is 0. The summed E-state index contributed by atoms with van der Waals surface area (Å²) in [5, 5.41) is 0. The topological polar surface area (TPSA) is 604 Å². The Morgan fingerprint density at radius 1 is 0.205 bits per heavy atom. The second-order valence-electron chi connectivity index (χ2n) is 3.13. The van der Waals surface area contributed by atoms with Gasteiger partial charge in [-0.2, -0.15) is 54.8 Å². The van der Waals surface area contributed by atoms with Crippen LogP contribution in [0.5, 0.6) is 0 Å². The summed E-state index contributed by atoms with van der Waals surface area (Å²) in [6.45, 7) is 0. The van der Waals surface area contributed by atoms with Gasteiger partial charge in [-0.25, -0.2) is 0 Å². The first-order valence-corrected chi connectivity index (χ1v) is 15.3. The van der Waals surface area contributed by atoms with E-state index in [1.165, 1.54) is 0 Å². The normalized spacial score (nSPS) is 9.39. The molecule has 0 aromatic heterocycles. The number of hydrogen-bond acceptors (Lipinski definition) is 28. The molecule has 0 saturated heterocycles. The summed E-state index contributed by atoms with van der Waals surface area (Å²) in [4.78, 5) is 180. The van der Waals surface area contributed by atoms with Crippen LogP contribution in [0.15, 0.2) is 0 Å². The van der Waals surface area contributed by atoms with Crippen LogP contribution in [0.1, 0.15) is 0 Å². The third-order valence-electron chi connectivity index (χ3n) is 0. The van der Waals surface area contributed by atoms with Crippen molar-refractivity contribution in [1.29, 1.82) is 0 Å². The van der Waals surface area contributed by atoms with Gasteiger partial charge in [-0.05, 0) is 0 Å². The summed E-state index contributed by atoms with van der Waals surface area (Å²) >= 11 is 0. The van der Waals surface area contributed by atoms with E-state index in [0.29, 0.717) is 0 Å². The monoisotopic (exact) mass is 1310 g/mol. The molecule has 0 amide bonds. The van der Waals surface area contributed by atoms with E-state index in [1.807, 2.05) is 0 Å². The second-order valence-corrected chi connectivity index (χ2v) is 9.39. The van der Waals surface area contributed by atoms with Gasteiger partial charge in [-0.15, -0.1) is 0 Å². The average molecular weight is 1310 g/mol. The van der Waals surface area contributed by atoms with Crippen LogP contribution in [0, 0.1) is 0 Å². The molecule has 0 fully saturated rings. The van der Waals surface area contributed by atoms with E-state index in [4.69, 9.17) is 135 Å². The zero-order valence-corrected chi connectivity index (χ0v) is 52.4. The summed E-state index contributed by atoms with van der Waals surface area (Å²) in [6.07, 6.45) is 0. The van der Waals surface area contributed by atoms with Crippen LogP contribution >= 0.6 is 54.8 Å². The van der Waals surface area contributed by atoms with E-state index >= 15 is 0 Å². The molecule has 0 aromatic carbocycles. The van der Waals surface area contributed by atoms with Crippen LogP contribution in [0.4, 0.5) is 0 Å². The fourth-order valence-electron chi connectivity index (χ4n) is 0. The van der Waals surface area contributed by atoms with Crippen LogP contribution in [0.2, 0.25) is 0 Å². The number of hydrogen-bond donors (Lipinski definition) is 0. The molecule has 0 bridgehead atoms. The van der Waals surface area contributed by atoms with E-state index in [2.05, 4.69) is 0 Å². The fourth-order valence-corrected chi connectivity index (χ4v) is 0. The zero-order chi connectivity index (χ0) is 31.5. The minimum atomic E-state index is -5.39. The Morgan fingerprint density at radius 2 is 0.205 bits per heavy atom. The van der Waals surface area contributed by atoms with Crippen molar-refractivity contribution < 1.29 is 233 Å². The molecule has 44 heavy (non-hydrogen) atoms. The Morgan fingerprint density at radius 3 is 0.205 bits per heavy atom. The minimum Gasteiger partial charge on any atom is -0.822 e. The molecule has 0 heterocycles. The molecule has 0 radical (unpaired) electrons. The molecule has 0 N–H and O–H groups in total. The molecule has 224 valence electrons. The summed E-state index contributed by atoms with van der Waals surface area (Å²) < 4.78 is 59.8. The largest absolute Gasteiger partial charge is 3.00 e. The maximum atomic E-state index is 8.55. The molecule has 0 aliphatic carbocycles. The molecular formula is Ca3O28P7Sr3Y3. The van der Waals surface area contributed by atoms with Crippen LogP contribution < -0.4 is 103 Å². The molecule has 0 aliphatic rings. The third-order valence-corrected chi connectivity index (χ3v) is 0. The van der Waals surface area contributed by atoms with Crippen LogP contribution in [-0.4, -0.2) is 250 Å². The van der Waals surface area contributed by atoms with Gasteiger partial charge < -0.3 is 135 Å². The van der Waals surface area contributed by atoms with Gasteiger partial charge in [0.2, 0.25) is 0 Å². The molecule has 0 atom stereocenters. The van der Waals surface area contributed by atoms with E-state index in [-0.39, 0.29) is 348 Å². The SMILES string of the molecule is O=P([O-])([O-])[O-].O=P([O-])([O-])[O-].O=P([O-])([O-])[O-].O=P([O-])([O-])[O-].O=P([O-])([O-])[O-].O=P([O-])([O-])[O-].O=P([O-])([O-])[O-].[Ca+2].[Ca+2].[Ca+2].[Sr+2].[Sr+2].[Sr+2].[Y+3].[Y+3].[Y+3]. The van der Waals surface area contributed by atoms with Crippen molar-refractivity contribution in [2.75, 3.05) is 0 Å². The first kappa shape index (κ1) is 106. The van der Waals surface area contributed by atoms with Gasteiger partial charge >= 0.3 is 348 Å². The van der Waals surface area contributed by atoms with Gasteiger partial charge in [0, 0.05) is 0 Å². The van der Waals surface area contributed by atoms with Crippen LogP contribution in [0.25, 0.3) is 0 Å². The zero-order valence-electron chi connectivity index (χ0n) is 20.5. The van der Waals surface area contributed by atoms with Crippen molar-refractivity contribution in [3.63, 3.8) is 0 Å². The van der Waals surface area contributed by atoms with Gasteiger partial charge in [0.15, 0.2) is 0 Å². The molecule has 0 spiro atoms. The van der Waals surface area contributed by atoms with E-state index < -0.39 is 54.8 Å². The maximum Gasteiger partial charge on any atom is 3.00 e. The predicted octanol–water partition coefficient (Wildman–Crippen LogP) is -22.1. The maximum absolute atomic E-state index is 8.55. The Hall–Kier alpha value is 12.3. The van der Waals surface area contributed by atoms with Gasteiger partial charge in [0.25, 0.3) is 0 Å². The smallest absolute Gasteiger partial charge is 0.822 e. The fraction of sp³-hybridized carbons (Fsp3) is 0. The number of phosphoric acid groups is 7. The van der Waals surface area contributed by atoms with Crippen molar-refractivity contribution in [1.82, 2.24) is 0 Å². The predicted molar refractivity (Wildman–Crippen MR) is 87.8 cm³/mol. The summed E-state index contributed by atoms with van der Waals surface area (Å²) in [5.74, 6) is 0. The molecular weight excluding hydrogens is 1310 g/mol. The van der Waals surface area contributed by atoms with E-state index in [1.54, 1.807) is 0 Å². The molecule has 0 aromatic rings. The van der Waals surface area contributed by atoms with Gasteiger partial charge in [0.1, 0.15) is 0 Å². The Labute approximate surface area is 523 Å². The Kier molecular flexibility index (Phi) is 133. The standard InChI is InChI=1S/3Ca.7H3O4P.3Sr.3Y/c;;;7*1-5(2,3)4;;;;;;/h;;;7*(H3,1,2,3,4);;;;;;/q3*+2;;;;;;;;3*+2;3*+3/p-21. The molecule has 28 nitrogen and oxygen atoms in total. The first-order valence-electron chi connectivity index (χ1n) is 5.11.